The van der Waals surface area contributed by atoms with Gasteiger partial charge in [0, 0.05) is 27.5 Å². The van der Waals surface area contributed by atoms with E-state index in [1.165, 1.54) is 16.7 Å². The maximum Gasteiger partial charge on any atom is 0.164 e. The summed E-state index contributed by atoms with van der Waals surface area (Å²) < 4.78 is 6.55. The molecule has 0 radical (unpaired) electrons. The zero-order valence-corrected chi connectivity index (χ0v) is 26.5. The minimum absolute atomic E-state index is 0.589. The van der Waals surface area contributed by atoms with Crippen LogP contribution in [0, 0.1) is 0 Å². The van der Waals surface area contributed by atoms with E-state index in [1.54, 1.807) is 0 Å². The molecular weight excluding hydrogens is 599 g/mol. The molecule has 0 aliphatic heterocycles. The highest BCUT2D eigenvalue weighted by atomic mass is 16.3. The van der Waals surface area contributed by atoms with E-state index in [4.69, 9.17) is 19.4 Å². The van der Waals surface area contributed by atoms with Gasteiger partial charge in [-0.2, -0.15) is 0 Å². The van der Waals surface area contributed by atoms with Crippen LogP contribution < -0.4 is 0 Å². The molecule has 0 unspecified atom stereocenters. The van der Waals surface area contributed by atoms with E-state index >= 15 is 0 Å². The molecule has 9 rings (SSSR count). The van der Waals surface area contributed by atoms with Crippen molar-refractivity contribution < 1.29 is 4.42 Å². The van der Waals surface area contributed by atoms with E-state index in [0.717, 1.165) is 55.3 Å². The Bertz CT molecular complexity index is 2590. The Kier molecular flexibility index (Phi) is 7.10. The average Bonchev–Trinajstić information content (AvgIpc) is 3.57. The van der Waals surface area contributed by atoms with Crippen LogP contribution in [0.25, 0.3) is 89.5 Å². The fourth-order valence-corrected chi connectivity index (χ4v) is 6.60. The van der Waals surface area contributed by atoms with Gasteiger partial charge in [-0.25, -0.2) is 15.0 Å². The second-order valence-electron chi connectivity index (χ2n) is 12.0. The Labute approximate surface area is 284 Å². The van der Waals surface area contributed by atoms with E-state index in [2.05, 4.69) is 127 Å². The zero-order chi connectivity index (χ0) is 32.6. The molecule has 0 aliphatic rings. The number of hydrogen-bond acceptors (Lipinski definition) is 4. The first-order valence-electron chi connectivity index (χ1n) is 16.4. The summed E-state index contributed by atoms with van der Waals surface area (Å²) in [5.41, 5.74) is 11.2. The van der Waals surface area contributed by atoms with E-state index in [9.17, 15) is 0 Å². The first kappa shape index (κ1) is 28.6. The quantitative estimate of drug-likeness (QED) is 0.184. The second kappa shape index (κ2) is 12.2. The van der Waals surface area contributed by atoms with Crippen LogP contribution in [-0.2, 0) is 0 Å². The molecule has 0 saturated carbocycles. The molecule has 2 aromatic heterocycles. The Morgan fingerprint density at radius 1 is 0.306 bits per heavy atom. The van der Waals surface area contributed by atoms with Crippen molar-refractivity contribution in [2.75, 3.05) is 0 Å². The van der Waals surface area contributed by atoms with Crippen LogP contribution in [0.4, 0.5) is 0 Å². The summed E-state index contributed by atoms with van der Waals surface area (Å²) in [4.78, 5) is 15.0. The van der Waals surface area contributed by atoms with Crippen molar-refractivity contribution in [1.29, 1.82) is 0 Å². The lowest BCUT2D eigenvalue weighted by atomic mass is 9.92. The Balaban J connectivity index is 1.19. The predicted octanol–water partition coefficient (Wildman–Crippen LogP) is 11.8. The van der Waals surface area contributed by atoms with E-state index < -0.39 is 0 Å². The van der Waals surface area contributed by atoms with Crippen molar-refractivity contribution in [3.05, 3.63) is 176 Å². The molecule has 4 heteroatoms. The van der Waals surface area contributed by atoms with Crippen molar-refractivity contribution in [3.8, 4) is 67.5 Å². The number of fused-ring (bicyclic) bond motifs is 3. The van der Waals surface area contributed by atoms with Gasteiger partial charge in [-0.15, -0.1) is 0 Å². The van der Waals surface area contributed by atoms with Gasteiger partial charge in [0.15, 0.2) is 17.5 Å². The van der Waals surface area contributed by atoms with E-state index in [0.29, 0.717) is 17.5 Å². The van der Waals surface area contributed by atoms with Gasteiger partial charge in [0.1, 0.15) is 11.2 Å². The summed E-state index contributed by atoms with van der Waals surface area (Å²) in [6.07, 6.45) is 0. The van der Waals surface area contributed by atoms with Crippen molar-refractivity contribution >= 4 is 21.9 Å². The van der Waals surface area contributed by atoms with Gasteiger partial charge < -0.3 is 4.42 Å². The van der Waals surface area contributed by atoms with Crippen LogP contribution in [0.15, 0.2) is 180 Å². The van der Waals surface area contributed by atoms with Gasteiger partial charge in [-0.3, -0.25) is 0 Å². The smallest absolute Gasteiger partial charge is 0.164 e. The van der Waals surface area contributed by atoms with Crippen LogP contribution in [0.3, 0.4) is 0 Å². The van der Waals surface area contributed by atoms with Crippen LogP contribution in [0.2, 0.25) is 0 Å². The van der Waals surface area contributed by atoms with Gasteiger partial charge in [0.25, 0.3) is 0 Å². The summed E-state index contributed by atoms with van der Waals surface area (Å²) in [5, 5.41) is 2.14. The molecule has 0 amide bonds. The molecule has 0 aliphatic carbocycles. The molecule has 9 aromatic rings. The SMILES string of the molecule is c1ccc(-c2cccc(-c3nc(-c4ccccc4)nc(-c4ccc5c(c4)oc4cccc(-c6ccccc6-c6ccccc6)c45)n3)c2)cc1. The predicted molar refractivity (Wildman–Crippen MR) is 200 cm³/mol. The molecule has 0 N–H and O–H groups in total. The third kappa shape index (κ3) is 5.35. The van der Waals surface area contributed by atoms with Gasteiger partial charge in [0.05, 0.1) is 0 Å². The molecule has 2 heterocycles. The normalized spacial score (nSPS) is 11.3. The fourth-order valence-electron chi connectivity index (χ4n) is 6.60. The van der Waals surface area contributed by atoms with Gasteiger partial charge >= 0.3 is 0 Å². The summed E-state index contributed by atoms with van der Waals surface area (Å²) in [6, 6.07) is 60.4. The minimum atomic E-state index is 0.589. The van der Waals surface area contributed by atoms with Gasteiger partial charge in [-0.1, -0.05) is 152 Å². The van der Waals surface area contributed by atoms with Crippen molar-refractivity contribution in [3.63, 3.8) is 0 Å². The first-order valence-corrected chi connectivity index (χ1v) is 16.4. The highest BCUT2D eigenvalue weighted by Crippen LogP contribution is 2.41. The summed E-state index contributed by atoms with van der Waals surface area (Å²) in [6.45, 7) is 0. The Morgan fingerprint density at radius 3 is 1.53 bits per heavy atom. The molecule has 0 fully saturated rings. The summed E-state index contributed by atoms with van der Waals surface area (Å²) >= 11 is 0. The lowest BCUT2D eigenvalue weighted by molar-refractivity contribution is 0.669. The number of furan rings is 1. The van der Waals surface area contributed by atoms with Crippen LogP contribution in [0.1, 0.15) is 0 Å². The van der Waals surface area contributed by atoms with Crippen molar-refractivity contribution in [1.82, 2.24) is 15.0 Å². The van der Waals surface area contributed by atoms with Gasteiger partial charge in [0.2, 0.25) is 0 Å². The molecule has 4 nitrogen and oxygen atoms in total. The lowest BCUT2D eigenvalue weighted by Crippen LogP contribution is -2.00. The van der Waals surface area contributed by atoms with Crippen molar-refractivity contribution in [2.24, 2.45) is 0 Å². The highest BCUT2D eigenvalue weighted by Gasteiger charge is 2.18. The third-order valence-electron chi connectivity index (χ3n) is 8.95. The highest BCUT2D eigenvalue weighted by molar-refractivity contribution is 6.14. The Morgan fingerprint density at radius 2 is 0.816 bits per heavy atom. The van der Waals surface area contributed by atoms with E-state index in [1.807, 2.05) is 48.5 Å². The molecule has 7 aromatic carbocycles. The number of rotatable bonds is 6. The molecular formula is C45H29N3O. The molecule has 0 spiro atoms. The minimum Gasteiger partial charge on any atom is -0.456 e. The number of benzene rings is 7. The van der Waals surface area contributed by atoms with E-state index in [-0.39, 0.29) is 0 Å². The molecule has 49 heavy (non-hydrogen) atoms. The number of hydrogen-bond donors (Lipinski definition) is 0. The Hall–Kier alpha value is -6.65. The largest absolute Gasteiger partial charge is 0.456 e. The number of aromatic nitrogens is 3. The maximum atomic E-state index is 6.55. The van der Waals surface area contributed by atoms with Crippen LogP contribution in [-0.4, -0.2) is 15.0 Å². The molecule has 0 saturated heterocycles. The van der Waals surface area contributed by atoms with Crippen LogP contribution >= 0.6 is 0 Å². The summed E-state index contributed by atoms with van der Waals surface area (Å²) in [7, 11) is 0. The van der Waals surface area contributed by atoms with Crippen LogP contribution in [0.5, 0.6) is 0 Å². The standard InChI is InChI=1S/C45H29N3O/c1-4-14-30(15-5-1)33-20-12-21-34(28-33)44-46-43(32-18-8-3-9-19-32)47-45(48-44)35-26-27-39-41(29-35)49-40-25-13-24-38(42(39)40)37-23-11-10-22-36(37)31-16-6-2-7-17-31/h1-29H. The maximum absolute atomic E-state index is 6.55. The lowest BCUT2D eigenvalue weighted by Gasteiger charge is -2.11. The zero-order valence-electron chi connectivity index (χ0n) is 26.5. The fraction of sp³-hybridized carbons (Fsp3) is 0. The molecule has 0 bridgehead atoms. The molecule has 230 valence electrons. The van der Waals surface area contributed by atoms with Gasteiger partial charge in [-0.05, 0) is 57.6 Å². The third-order valence-corrected chi connectivity index (χ3v) is 8.95. The van der Waals surface area contributed by atoms with Crippen molar-refractivity contribution in [2.45, 2.75) is 0 Å². The topological polar surface area (TPSA) is 51.8 Å². The number of nitrogens with zero attached hydrogens (tertiary/aromatic N) is 3. The monoisotopic (exact) mass is 627 g/mol. The summed E-state index contributed by atoms with van der Waals surface area (Å²) in [5.74, 6) is 1.83. The second-order valence-corrected chi connectivity index (χ2v) is 12.0. The average molecular weight is 628 g/mol. The molecule has 0 atom stereocenters. The first-order chi connectivity index (χ1) is 24.3.